The maximum absolute atomic E-state index is 5.69. The Kier molecular flexibility index (Phi) is 3.72. The molecule has 122 valence electrons. The molecule has 0 N–H and O–H groups in total. The van der Waals surface area contributed by atoms with Crippen LogP contribution in [0, 0.1) is 0 Å². The van der Waals surface area contributed by atoms with Crippen molar-refractivity contribution in [3.63, 3.8) is 0 Å². The lowest BCUT2D eigenvalue weighted by Gasteiger charge is -2.39. The van der Waals surface area contributed by atoms with E-state index in [2.05, 4.69) is 53.7 Å². The Morgan fingerprint density at radius 2 is 1.36 bits per heavy atom. The molecule has 1 aromatic rings. The normalized spacial score (nSPS) is 21.2. The van der Waals surface area contributed by atoms with Crippen molar-refractivity contribution < 1.29 is 4.74 Å². The van der Waals surface area contributed by atoms with Gasteiger partial charge in [-0.2, -0.15) is 0 Å². The zero-order valence-electron chi connectivity index (χ0n) is 15.3. The highest BCUT2D eigenvalue weighted by atomic mass is 16.5. The van der Waals surface area contributed by atoms with E-state index in [1.54, 1.807) is 22.3 Å². The lowest BCUT2D eigenvalue weighted by Crippen LogP contribution is -2.34. The van der Waals surface area contributed by atoms with Gasteiger partial charge in [0.1, 0.15) is 0 Å². The van der Waals surface area contributed by atoms with Crippen molar-refractivity contribution in [2.75, 3.05) is 13.2 Å². The van der Waals surface area contributed by atoms with E-state index in [1.165, 1.54) is 25.7 Å². The minimum Gasteiger partial charge on any atom is -0.381 e. The molecule has 1 aromatic carbocycles. The van der Waals surface area contributed by atoms with E-state index < -0.39 is 0 Å². The van der Waals surface area contributed by atoms with Crippen LogP contribution in [-0.4, -0.2) is 13.2 Å². The summed E-state index contributed by atoms with van der Waals surface area (Å²) in [4.78, 5) is 0. The first-order valence-electron chi connectivity index (χ1n) is 8.90. The van der Waals surface area contributed by atoms with Gasteiger partial charge in [0.15, 0.2) is 0 Å². The Morgan fingerprint density at radius 1 is 0.818 bits per heavy atom. The van der Waals surface area contributed by atoms with Crippen molar-refractivity contribution >= 4 is 0 Å². The standard InChI is InChI=1S/C21H32O/c1-19(2,3)16-7-8-17(20(4,5)6)18-15(16)9-10-21(18)11-13-22-14-12-21/h7-8H,9-14H2,1-6H3. The van der Waals surface area contributed by atoms with Crippen molar-refractivity contribution in [2.24, 2.45) is 0 Å². The van der Waals surface area contributed by atoms with E-state index in [0.29, 0.717) is 5.41 Å². The van der Waals surface area contributed by atoms with Crippen molar-refractivity contribution in [2.45, 2.75) is 83.5 Å². The van der Waals surface area contributed by atoms with Gasteiger partial charge < -0.3 is 4.74 Å². The predicted octanol–water partition coefficient (Wildman–Crippen LogP) is 5.28. The minimum atomic E-state index is 0.218. The maximum Gasteiger partial charge on any atom is 0.0474 e. The molecule has 1 saturated heterocycles. The number of hydrogen-bond acceptors (Lipinski definition) is 1. The van der Waals surface area contributed by atoms with E-state index >= 15 is 0 Å². The van der Waals surface area contributed by atoms with Gasteiger partial charge in [-0.15, -0.1) is 0 Å². The molecule has 0 unspecified atom stereocenters. The second-order valence-electron chi connectivity index (χ2n) is 9.41. The number of rotatable bonds is 0. The van der Waals surface area contributed by atoms with Gasteiger partial charge in [-0.25, -0.2) is 0 Å². The molecule has 0 aromatic heterocycles. The van der Waals surface area contributed by atoms with Gasteiger partial charge in [0.05, 0.1) is 0 Å². The summed E-state index contributed by atoms with van der Waals surface area (Å²) in [5, 5.41) is 0. The van der Waals surface area contributed by atoms with Gasteiger partial charge in [0.2, 0.25) is 0 Å². The van der Waals surface area contributed by atoms with Crippen LogP contribution in [0.4, 0.5) is 0 Å². The molecule has 1 nitrogen and oxygen atoms in total. The fourth-order valence-corrected chi connectivity index (χ4v) is 4.59. The number of ether oxygens (including phenoxy) is 1. The zero-order valence-corrected chi connectivity index (χ0v) is 15.3. The molecular weight excluding hydrogens is 268 g/mol. The number of hydrogen-bond donors (Lipinski definition) is 0. The molecule has 0 amide bonds. The summed E-state index contributed by atoms with van der Waals surface area (Å²) in [7, 11) is 0. The molecule has 0 radical (unpaired) electrons. The monoisotopic (exact) mass is 300 g/mol. The largest absolute Gasteiger partial charge is 0.381 e. The average Bonchev–Trinajstić information content (AvgIpc) is 2.76. The summed E-state index contributed by atoms with van der Waals surface area (Å²) in [5.74, 6) is 0. The van der Waals surface area contributed by atoms with Crippen LogP contribution >= 0.6 is 0 Å². The topological polar surface area (TPSA) is 9.23 Å². The smallest absolute Gasteiger partial charge is 0.0474 e. The van der Waals surface area contributed by atoms with Gasteiger partial charge in [-0.3, -0.25) is 0 Å². The van der Waals surface area contributed by atoms with Crippen LogP contribution in [-0.2, 0) is 27.4 Å². The molecule has 2 aliphatic rings. The average molecular weight is 300 g/mol. The van der Waals surface area contributed by atoms with Crippen molar-refractivity contribution in [1.82, 2.24) is 0 Å². The van der Waals surface area contributed by atoms with Crippen LogP contribution in [0.1, 0.15) is 83.1 Å². The SMILES string of the molecule is CC(C)(C)c1ccc(C(C)(C)C)c2c1CCC21CCOCC1. The minimum absolute atomic E-state index is 0.218. The highest BCUT2D eigenvalue weighted by Gasteiger charge is 2.44. The highest BCUT2D eigenvalue weighted by molar-refractivity contribution is 5.53. The molecule has 1 fully saturated rings. The summed E-state index contributed by atoms with van der Waals surface area (Å²) in [5.41, 5.74) is 7.36. The lowest BCUT2D eigenvalue weighted by atomic mass is 9.68. The van der Waals surface area contributed by atoms with Crippen molar-refractivity contribution in [1.29, 1.82) is 0 Å². The van der Waals surface area contributed by atoms with Crippen LogP contribution in [0.15, 0.2) is 12.1 Å². The third-order valence-electron chi connectivity index (χ3n) is 5.76. The Labute approximate surface area is 136 Å². The summed E-state index contributed by atoms with van der Waals surface area (Å²) in [6.07, 6.45) is 4.99. The maximum atomic E-state index is 5.69. The van der Waals surface area contributed by atoms with Crippen LogP contribution < -0.4 is 0 Å². The third kappa shape index (κ3) is 2.52. The fourth-order valence-electron chi connectivity index (χ4n) is 4.59. The quantitative estimate of drug-likeness (QED) is 0.633. The number of benzene rings is 1. The van der Waals surface area contributed by atoms with Crippen LogP contribution in [0.3, 0.4) is 0 Å². The Morgan fingerprint density at radius 3 is 1.91 bits per heavy atom. The highest BCUT2D eigenvalue weighted by Crippen LogP contribution is 2.51. The summed E-state index contributed by atoms with van der Waals surface area (Å²) < 4.78 is 5.69. The van der Waals surface area contributed by atoms with E-state index in [0.717, 1.165) is 13.2 Å². The molecule has 0 bridgehead atoms. The first-order valence-corrected chi connectivity index (χ1v) is 8.90. The summed E-state index contributed by atoms with van der Waals surface area (Å²) >= 11 is 0. The number of fused-ring (bicyclic) bond motifs is 2. The molecule has 1 aliphatic carbocycles. The van der Waals surface area contributed by atoms with Crippen molar-refractivity contribution in [3.05, 3.63) is 34.4 Å². The summed E-state index contributed by atoms with van der Waals surface area (Å²) in [6.45, 7) is 16.0. The third-order valence-corrected chi connectivity index (χ3v) is 5.76. The first kappa shape index (κ1) is 16.1. The molecule has 0 saturated carbocycles. The second kappa shape index (κ2) is 5.09. The Bertz CT molecular complexity index is 563. The predicted molar refractivity (Wildman–Crippen MR) is 93.9 cm³/mol. The van der Waals surface area contributed by atoms with E-state index in [1.807, 2.05) is 0 Å². The molecule has 1 aliphatic heterocycles. The molecule has 0 atom stereocenters. The summed E-state index contributed by atoms with van der Waals surface area (Å²) in [6, 6.07) is 4.85. The molecule has 3 rings (SSSR count). The Balaban J connectivity index is 2.24. The van der Waals surface area contributed by atoms with Crippen molar-refractivity contribution in [3.8, 4) is 0 Å². The van der Waals surface area contributed by atoms with Crippen LogP contribution in [0.2, 0.25) is 0 Å². The van der Waals surface area contributed by atoms with Crippen LogP contribution in [0.25, 0.3) is 0 Å². The fraction of sp³-hybridized carbons (Fsp3) is 0.714. The van der Waals surface area contributed by atoms with Crippen LogP contribution in [0.5, 0.6) is 0 Å². The zero-order chi connectivity index (χ0) is 16.2. The molecular formula is C21H32O. The molecule has 1 heteroatoms. The first-order chi connectivity index (χ1) is 10.2. The second-order valence-corrected chi connectivity index (χ2v) is 9.41. The molecule has 22 heavy (non-hydrogen) atoms. The molecule has 1 heterocycles. The van der Waals surface area contributed by atoms with E-state index in [4.69, 9.17) is 4.74 Å². The van der Waals surface area contributed by atoms with Gasteiger partial charge >= 0.3 is 0 Å². The Hall–Kier alpha value is -0.820. The van der Waals surface area contributed by atoms with Gasteiger partial charge in [0, 0.05) is 18.6 Å². The van der Waals surface area contributed by atoms with Gasteiger partial charge in [-0.05, 0) is 58.8 Å². The van der Waals surface area contributed by atoms with E-state index in [9.17, 15) is 0 Å². The van der Waals surface area contributed by atoms with Gasteiger partial charge in [0.25, 0.3) is 0 Å². The molecule has 1 spiro atoms. The van der Waals surface area contributed by atoms with Gasteiger partial charge in [-0.1, -0.05) is 53.7 Å². The van der Waals surface area contributed by atoms with E-state index in [-0.39, 0.29) is 10.8 Å². The lowest BCUT2D eigenvalue weighted by molar-refractivity contribution is 0.0501.